The van der Waals surface area contributed by atoms with Gasteiger partial charge in [-0.15, -0.1) is 0 Å². The number of likely N-dealkylation sites (N-methyl/N-ethyl adjacent to an activating group) is 1. The molecule has 0 spiro atoms. The highest BCUT2D eigenvalue weighted by Gasteiger charge is 2.27. The molecule has 0 aliphatic heterocycles. The molecule has 0 saturated carbocycles. The van der Waals surface area contributed by atoms with Crippen LogP contribution in [0.15, 0.2) is 97.2 Å². The predicted molar refractivity (Wildman–Crippen MR) is 244 cm³/mol. The number of carbonyl (C=O) groups excluding carboxylic acids is 2. The van der Waals surface area contributed by atoms with Crippen LogP contribution in [0.25, 0.3) is 0 Å². The van der Waals surface area contributed by atoms with Gasteiger partial charge in [-0.1, -0.05) is 137 Å². The molecule has 0 heterocycles. The summed E-state index contributed by atoms with van der Waals surface area (Å²) in [6, 6.07) is 0. The molecule has 0 fully saturated rings. The van der Waals surface area contributed by atoms with Gasteiger partial charge in [0.25, 0.3) is 0 Å². The number of nitrogens with zero attached hydrogens (tertiary/aromatic N) is 1. The standard InChI is InChI=1S/C48H80NO9P/c1-6-8-10-11-12-13-14-15-16-17-18-19-20-21-22-25-28-31-35-39-47(51)55-43-46(44-57-59(53,54)56-42-41-49(3,4)5)58-48(52)40-36-32-29-26-23-24-27-30-34-38-45(50)37-33-9-7-2/h8-10,12-13,15-16,18-19,21-22,27,30,33-34,38,45-46,50H,6-7,11,14,17,20,23-26,28-29,31-32,35-37,39-44H2,1-5H3/p+1/b10-8-,13-12-,16-15-,19-18-,22-21-,30-27+,33-9+,38-34+/t45?,46-/m1/s1. The summed E-state index contributed by atoms with van der Waals surface area (Å²) in [5.41, 5.74) is 0. The van der Waals surface area contributed by atoms with Gasteiger partial charge in [-0.05, 0) is 83.5 Å². The summed E-state index contributed by atoms with van der Waals surface area (Å²) in [4.78, 5) is 35.4. The molecule has 0 aliphatic rings. The first kappa shape index (κ1) is 55.9. The number of quaternary nitrogens is 1. The molecule has 11 heteroatoms. The summed E-state index contributed by atoms with van der Waals surface area (Å²) in [6.45, 7) is 3.98. The smallest absolute Gasteiger partial charge is 0.462 e. The van der Waals surface area contributed by atoms with Crippen LogP contribution in [0.1, 0.15) is 136 Å². The van der Waals surface area contributed by atoms with Crippen molar-refractivity contribution in [1.29, 1.82) is 0 Å². The Morgan fingerprint density at radius 3 is 1.73 bits per heavy atom. The lowest BCUT2D eigenvalue weighted by Crippen LogP contribution is -2.37. The summed E-state index contributed by atoms with van der Waals surface area (Å²) in [6.07, 6.45) is 47.9. The van der Waals surface area contributed by atoms with Crippen LogP contribution in [0.5, 0.6) is 0 Å². The molecule has 0 aromatic rings. The summed E-state index contributed by atoms with van der Waals surface area (Å²) >= 11 is 0. The molecule has 0 rings (SSSR count). The Hall–Kier alpha value is -3.11. The van der Waals surface area contributed by atoms with Crippen molar-refractivity contribution >= 4 is 19.8 Å². The van der Waals surface area contributed by atoms with E-state index in [9.17, 15) is 24.2 Å². The van der Waals surface area contributed by atoms with Gasteiger partial charge in [-0.2, -0.15) is 0 Å². The lowest BCUT2D eigenvalue weighted by Gasteiger charge is -2.24. The van der Waals surface area contributed by atoms with Gasteiger partial charge in [0.2, 0.25) is 0 Å². The number of phosphoric ester groups is 1. The molecule has 2 N–H and O–H groups in total. The van der Waals surface area contributed by atoms with Crippen molar-refractivity contribution in [2.24, 2.45) is 0 Å². The highest BCUT2D eigenvalue weighted by molar-refractivity contribution is 7.47. The second kappa shape index (κ2) is 39.1. The SMILES string of the molecule is CC/C=C\C/C=C\C/C=C\C/C=C\C/C=C\CCCCCC(=O)OC[C@H](COP(=O)(O)OCC[N+](C)(C)C)OC(=O)CCCCCCC/C=C/C=C/C(O)C/C=C/CC. The van der Waals surface area contributed by atoms with Crippen molar-refractivity contribution < 1.29 is 47.2 Å². The zero-order chi connectivity index (χ0) is 43.7. The van der Waals surface area contributed by atoms with Crippen LogP contribution in [-0.4, -0.2) is 86.1 Å². The van der Waals surface area contributed by atoms with E-state index in [1.165, 1.54) is 0 Å². The Kier molecular flexibility index (Phi) is 37.0. The quantitative estimate of drug-likeness (QED) is 0.0156. The first-order chi connectivity index (χ1) is 28.4. The maximum atomic E-state index is 12.7. The average Bonchev–Trinajstić information content (AvgIpc) is 3.18. The van der Waals surface area contributed by atoms with Crippen molar-refractivity contribution in [1.82, 2.24) is 0 Å². The van der Waals surface area contributed by atoms with Crippen molar-refractivity contribution in [2.75, 3.05) is 47.5 Å². The number of carbonyl (C=O) groups is 2. The number of phosphoric acid groups is 1. The molecule has 3 atom stereocenters. The van der Waals surface area contributed by atoms with Gasteiger partial charge < -0.3 is 24.0 Å². The van der Waals surface area contributed by atoms with Crippen LogP contribution in [0.4, 0.5) is 0 Å². The molecule has 0 bridgehead atoms. The van der Waals surface area contributed by atoms with E-state index in [-0.39, 0.29) is 26.1 Å². The van der Waals surface area contributed by atoms with E-state index >= 15 is 0 Å². The molecule has 336 valence electrons. The molecular weight excluding hydrogens is 765 g/mol. The third-order valence-electron chi connectivity index (χ3n) is 8.69. The fraction of sp³-hybridized carbons (Fsp3) is 0.625. The second-order valence-electron chi connectivity index (χ2n) is 15.5. The van der Waals surface area contributed by atoms with Gasteiger partial charge in [0.15, 0.2) is 6.10 Å². The maximum Gasteiger partial charge on any atom is 0.472 e. The molecule has 0 saturated heterocycles. The number of ether oxygens (including phenoxy) is 2. The molecule has 0 radical (unpaired) electrons. The average molecular weight is 847 g/mol. The topological polar surface area (TPSA) is 129 Å². The minimum absolute atomic E-state index is 0.00642. The van der Waals surface area contributed by atoms with Crippen molar-refractivity contribution in [3.05, 3.63) is 97.2 Å². The van der Waals surface area contributed by atoms with Crippen LogP contribution in [-0.2, 0) is 32.7 Å². The number of hydrogen-bond donors (Lipinski definition) is 2. The second-order valence-corrected chi connectivity index (χ2v) is 17.0. The van der Waals surface area contributed by atoms with E-state index in [0.717, 1.165) is 89.9 Å². The third-order valence-corrected chi connectivity index (χ3v) is 9.67. The molecule has 59 heavy (non-hydrogen) atoms. The monoisotopic (exact) mass is 847 g/mol. The highest BCUT2D eigenvalue weighted by atomic mass is 31.2. The molecule has 0 aromatic heterocycles. The van der Waals surface area contributed by atoms with E-state index in [1.807, 2.05) is 45.4 Å². The molecule has 2 unspecified atom stereocenters. The van der Waals surface area contributed by atoms with E-state index in [1.54, 1.807) is 6.08 Å². The van der Waals surface area contributed by atoms with Crippen LogP contribution in [0, 0.1) is 0 Å². The first-order valence-corrected chi connectivity index (χ1v) is 23.6. The van der Waals surface area contributed by atoms with Crippen molar-refractivity contribution in [3.63, 3.8) is 0 Å². The number of allylic oxidation sites excluding steroid dienone is 14. The zero-order valence-corrected chi connectivity index (χ0v) is 38.2. The largest absolute Gasteiger partial charge is 0.472 e. The number of hydrogen-bond acceptors (Lipinski definition) is 8. The summed E-state index contributed by atoms with van der Waals surface area (Å²) < 4.78 is 34.2. The Morgan fingerprint density at radius 2 is 1.12 bits per heavy atom. The van der Waals surface area contributed by atoms with Gasteiger partial charge in [0, 0.05) is 12.8 Å². The highest BCUT2D eigenvalue weighted by Crippen LogP contribution is 2.43. The minimum Gasteiger partial charge on any atom is -0.462 e. The fourth-order valence-electron chi connectivity index (χ4n) is 5.25. The predicted octanol–water partition coefficient (Wildman–Crippen LogP) is 11.5. The van der Waals surface area contributed by atoms with Crippen LogP contribution >= 0.6 is 7.82 Å². The lowest BCUT2D eigenvalue weighted by atomic mass is 10.1. The van der Waals surface area contributed by atoms with Gasteiger partial charge in [0.05, 0.1) is 33.9 Å². The maximum absolute atomic E-state index is 12.7. The minimum atomic E-state index is -4.41. The molecular formula is C48H81NO9P+. The van der Waals surface area contributed by atoms with Crippen molar-refractivity contribution in [3.8, 4) is 0 Å². The van der Waals surface area contributed by atoms with E-state index in [0.29, 0.717) is 30.3 Å². The van der Waals surface area contributed by atoms with E-state index < -0.39 is 38.6 Å². The zero-order valence-electron chi connectivity index (χ0n) is 37.3. The Balaban J connectivity index is 4.50. The molecule has 0 aliphatic carbocycles. The van der Waals surface area contributed by atoms with Gasteiger partial charge in [-0.3, -0.25) is 18.6 Å². The summed E-state index contributed by atoms with van der Waals surface area (Å²) in [7, 11) is 1.39. The van der Waals surface area contributed by atoms with Crippen molar-refractivity contribution in [2.45, 2.75) is 148 Å². The summed E-state index contributed by atoms with van der Waals surface area (Å²) in [5, 5.41) is 9.89. The third kappa shape index (κ3) is 42.8. The van der Waals surface area contributed by atoms with Crippen LogP contribution in [0.2, 0.25) is 0 Å². The molecule has 10 nitrogen and oxygen atoms in total. The van der Waals surface area contributed by atoms with E-state index in [4.69, 9.17) is 18.5 Å². The van der Waals surface area contributed by atoms with Crippen LogP contribution < -0.4 is 0 Å². The number of aliphatic hydroxyl groups excluding tert-OH is 1. The molecule has 0 aromatic carbocycles. The van der Waals surface area contributed by atoms with Gasteiger partial charge in [0.1, 0.15) is 19.8 Å². The normalized spacial score (nSPS) is 15.0. The van der Waals surface area contributed by atoms with Crippen LogP contribution in [0.3, 0.4) is 0 Å². The first-order valence-electron chi connectivity index (χ1n) is 22.1. The molecule has 0 amide bonds. The Bertz CT molecular complexity index is 1340. The Labute approximate surface area is 358 Å². The lowest BCUT2D eigenvalue weighted by molar-refractivity contribution is -0.870. The Morgan fingerprint density at radius 1 is 0.610 bits per heavy atom. The number of rotatable bonds is 38. The number of aliphatic hydroxyl groups is 1. The van der Waals surface area contributed by atoms with Gasteiger partial charge in [-0.25, -0.2) is 4.57 Å². The van der Waals surface area contributed by atoms with Gasteiger partial charge >= 0.3 is 19.8 Å². The number of unbranched alkanes of at least 4 members (excludes halogenated alkanes) is 8. The van der Waals surface area contributed by atoms with E-state index in [2.05, 4.69) is 80.7 Å². The fourth-order valence-corrected chi connectivity index (χ4v) is 5.99. The number of esters is 2. The summed E-state index contributed by atoms with van der Waals surface area (Å²) in [5.74, 6) is -0.902.